The van der Waals surface area contributed by atoms with Crippen molar-refractivity contribution in [3.8, 4) is 0 Å². The van der Waals surface area contributed by atoms with E-state index in [9.17, 15) is 9.90 Å². The first kappa shape index (κ1) is 14.7. The zero-order chi connectivity index (χ0) is 17.7. The summed E-state index contributed by atoms with van der Waals surface area (Å²) in [6.07, 6.45) is 3.26. The number of hydrogen-bond acceptors (Lipinski definition) is 4. The van der Waals surface area contributed by atoms with Gasteiger partial charge in [-0.25, -0.2) is 0 Å². The zero-order valence-corrected chi connectivity index (χ0v) is 13.7. The van der Waals surface area contributed by atoms with Gasteiger partial charge in [-0.2, -0.15) is 0 Å². The Kier molecular flexibility index (Phi) is 3.09. The molecule has 1 amide bonds. The first-order valence-electron chi connectivity index (χ1n) is 8.28. The molecule has 0 atom stereocenters. The van der Waals surface area contributed by atoms with E-state index in [4.69, 9.17) is 4.42 Å². The number of carbonyl (C=O) groups excluding carboxylic acids is 1. The third kappa shape index (κ3) is 2.10. The number of carbonyl (C=O) groups is 1. The third-order valence-electron chi connectivity index (χ3n) is 4.68. The van der Waals surface area contributed by atoms with Crippen LogP contribution < -0.4 is 4.90 Å². The van der Waals surface area contributed by atoms with Crippen LogP contribution >= 0.6 is 0 Å². The molecular weight excluding hydrogens is 328 g/mol. The molecular formula is C21H14N2O3. The van der Waals surface area contributed by atoms with Crippen molar-refractivity contribution in [1.29, 1.82) is 0 Å². The largest absolute Gasteiger partial charge is 0.510 e. The maximum Gasteiger partial charge on any atom is 0.262 e. The predicted molar refractivity (Wildman–Crippen MR) is 99.9 cm³/mol. The fraction of sp³-hybridized carbons (Fsp3) is 0.0476. The number of para-hydroxylation sites is 1. The van der Waals surface area contributed by atoms with E-state index in [1.165, 1.54) is 4.90 Å². The Morgan fingerprint density at radius 2 is 1.85 bits per heavy atom. The van der Waals surface area contributed by atoms with Gasteiger partial charge in [0.2, 0.25) is 0 Å². The fourth-order valence-electron chi connectivity index (χ4n) is 3.45. The Hall–Kier alpha value is -3.60. The molecule has 26 heavy (non-hydrogen) atoms. The molecule has 5 rings (SSSR count). The molecule has 1 aliphatic rings. The molecule has 4 aromatic rings. The lowest BCUT2D eigenvalue weighted by molar-refractivity contribution is -0.112. The molecule has 2 aromatic heterocycles. The summed E-state index contributed by atoms with van der Waals surface area (Å²) in [6.45, 7) is 0.143. The monoisotopic (exact) mass is 342 g/mol. The minimum atomic E-state index is -0.234. The van der Waals surface area contributed by atoms with Crippen molar-refractivity contribution >= 4 is 39.1 Å². The Morgan fingerprint density at radius 3 is 2.69 bits per heavy atom. The van der Waals surface area contributed by atoms with Crippen LogP contribution in [0.25, 0.3) is 27.5 Å². The van der Waals surface area contributed by atoms with Gasteiger partial charge < -0.3 is 9.52 Å². The summed E-state index contributed by atoms with van der Waals surface area (Å²) in [7, 11) is 0. The predicted octanol–water partition coefficient (Wildman–Crippen LogP) is 4.30. The number of aliphatic hydroxyl groups is 1. The first-order valence-corrected chi connectivity index (χ1v) is 8.28. The molecule has 5 heteroatoms. The van der Waals surface area contributed by atoms with Gasteiger partial charge in [0, 0.05) is 17.0 Å². The van der Waals surface area contributed by atoms with E-state index in [2.05, 4.69) is 4.98 Å². The van der Waals surface area contributed by atoms with Crippen LogP contribution in [0.15, 0.2) is 77.2 Å². The molecule has 1 N–H and O–H groups in total. The molecule has 2 aromatic carbocycles. The fourth-order valence-corrected chi connectivity index (χ4v) is 3.45. The summed E-state index contributed by atoms with van der Waals surface area (Å²) in [4.78, 5) is 18.5. The number of furan rings is 1. The number of aromatic nitrogens is 1. The number of amides is 1. The normalized spacial score (nSPS) is 14.8. The summed E-state index contributed by atoms with van der Waals surface area (Å²) in [6, 6.07) is 16.9. The van der Waals surface area contributed by atoms with E-state index in [0.29, 0.717) is 16.8 Å². The van der Waals surface area contributed by atoms with E-state index in [0.717, 1.165) is 21.9 Å². The highest BCUT2D eigenvalue weighted by molar-refractivity contribution is 6.30. The van der Waals surface area contributed by atoms with Crippen LogP contribution in [0, 0.1) is 0 Å². The second kappa shape index (κ2) is 5.46. The zero-order valence-electron chi connectivity index (χ0n) is 13.7. The topological polar surface area (TPSA) is 66.6 Å². The van der Waals surface area contributed by atoms with E-state index >= 15 is 0 Å². The van der Waals surface area contributed by atoms with Gasteiger partial charge in [0.1, 0.15) is 16.9 Å². The number of hydrogen-bond donors (Lipinski definition) is 1. The van der Waals surface area contributed by atoms with Crippen molar-refractivity contribution in [1.82, 2.24) is 4.98 Å². The van der Waals surface area contributed by atoms with Crippen LogP contribution in [0.1, 0.15) is 5.56 Å². The van der Waals surface area contributed by atoms with Crippen LogP contribution in [0.5, 0.6) is 0 Å². The van der Waals surface area contributed by atoms with E-state index in [-0.39, 0.29) is 18.2 Å². The van der Waals surface area contributed by atoms with Crippen molar-refractivity contribution in [2.24, 2.45) is 0 Å². The quantitative estimate of drug-likeness (QED) is 0.590. The Labute approximate surface area is 148 Å². The van der Waals surface area contributed by atoms with Gasteiger partial charge >= 0.3 is 0 Å². The van der Waals surface area contributed by atoms with Gasteiger partial charge in [-0.3, -0.25) is 14.7 Å². The molecule has 0 radical (unpaired) electrons. The standard InChI is InChI=1S/C21H14N2O3/c24-17-12-23(14-4-3-9-22-11-14)21(25)20(17)13-7-8-19-16(10-13)15-5-1-2-6-18(15)26-19/h1-11,24H,12H2. The number of aliphatic hydroxyl groups excluding tert-OH is 1. The maximum atomic E-state index is 12.9. The molecule has 0 saturated heterocycles. The van der Waals surface area contributed by atoms with Gasteiger partial charge in [-0.05, 0) is 35.9 Å². The molecule has 0 spiro atoms. The third-order valence-corrected chi connectivity index (χ3v) is 4.68. The van der Waals surface area contributed by atoms with Gasteiger partial charge in [0.15, 0.2) is 0 Å². The smallest absolute Gasteiger partial charge is 0.262 e. The van der Waals surface area contributed by atoms with Gasteiger partial charge in [-0.15, -0.1) is 0 Å². The Balaban J connectivity index is 1.62. The van der Waals surface area contributed by atoms with Crippen LogP contribution in [0.2, 0.25) is 0 Å². The van der Waals surface area contributed by atoms with Crippen molar-refractivity contribution in [2.75, 3.05) is 11.4 Å². The van der Waals surface area contributed by atoms with Crippen LogP contribution in [-0.2, 0) is 4.79 Å². The second-order valence-electron chi connectivity index (χ2n) is 6.23. The minimum absolute atomic E-state index is 0.0611. The summed E-state index contributed by atoms with van der Waals surface area (Å²) >= 11 is 0. The SMILES string of the molecule is O=C1C(c2ccc3oc4ccccc4c3c2)=C(O)CN1c1cccnc1. The second-order valence-corrected chi connectivity index (χ2v) is 6.23. The first-order chi connectivity index (χ1) is 12.7. The molecule has 0 bridgehead atoms. The summed E-state index contributed by atoms with van der Waals surface area (Å²) in [5.41, 5.74) is 3.21. The van der Waals surface area contributed by atoms with Crippen molar-refractivity contribution in [3.63, 3.8) is 0 Å². The van der Waals surface area contributed by atoms with E-state index in [1.54, 1.807) is 30.6 Å². The van der Waals surface area contributed by atoms with Gasteiger partial charge in [0.05, 0.1) is 24.0 Å². The molecule has 1 aliphatic heterocycles. The lowest BCUT2D eigenvalue weighted by atomic mass is 10.0. The molecule has 3 heterocycles. The highest BCUT2D eigenvalue weighted by Gasteiger charge is 2.32. The van der Waals surface area contributed by atoms with Gasteiger partial charge in [0.25, 0.3) is 5.91 Å². The van der Waals surface area contributed by atoms with Crippen LogP contribution in [-0.4, -0.2) is 22.5 Å². The summed E-state index contributed by atoms with van der Waals surface area (Å²) < 4.78 is 5.83. The number of benzene rings is 2. The Bertz CT molecular complexity index is 1190. The average Bonchev–Trinajstić information content (AvgIpc) is 3.19. The van der Waals surface area contributed by atoms with Crippen LogP contribution in [0.3, 0.4) is 0 Å². The van der Waals surface area contributed by atoms with Gasteiger partial charge in [-0.1, -0.05) is 24.3 Å². The van der Waals surface area contributed by atoms with Crippen molar-refractivity contribution in [2.45, 2.75) is 0 Å². The summed E-state index contributed by atoms with van der Waals surface area (Å²) in [5, 5.41) is 12.4. The van der Waals surface area contributed by atoms with E-state index < -0.39 is 0 Å². The van der Waals surface area contributed by atoms with Crippen LogP contribution in [0.4, 0.5) is 5.69 Å². The number of anilines is 1. The highest BCUT2D eigenvalue weighted by Crippen LogP contribution is 2.35. The highest BCUT2D eigenvalue weighted by atomic mass is 16.3. The number of pyridine rings is 1. The number of fused-ring (bicyclic) bond motifs is 3. The van der Waals surface area contributed by atoms with E-state index in [1.807, 2.05) is 36.4 Å². The Morgan fingerprint density at radius 1 is 1.00 bits per heavy atom. The molecule has 5 nitrogen and oxygen atoms in total. The maximum absolute atomic E-state index is 12.9. The summed E-state index contributed by atoms with van der Waals surface area (Å²) in [5.74, 6) is -0.173. The molecule has 126 valence electrons. The minimum Gasteiger partial charge on any atom is -0.510 e. The van der Waals surface area contributed by atoms with Crippen molar-refractivity contribution < 1.29 is 14.3 Å². The molecule has 0 saturated carbocycles. The molecule has 0 unspecified atom stereocenters. The average molecular weight is 342 g/mol. The van der Waals surface area contributed by atoms with Crippen molar-refractivity contribution in [3.05, 3.63) is 78.3 Å². The molecule has 0 aliphatic carbocycles. The number of rotatable bonds is 2. The lowest BCUT2D eigenvalue weighted by Crippen LogP contribution is -2.26. The number of nitrogens with zero attached hydrogens (tertiary/aromatic N) is 2. The molecule has 0 fully saturated rings. The lowest BCUT2D eigenvalue weighted by Gasteiger charge is -2.15.